The van der Waals surface area contributed by atoms with Crippen LogP contribution in [0.15, 0.2) is 65.7 Å². The maximum Gasteiger partial charge on any atom is 0.287 e. The second kappa shape index (κ2) is 6.18. The van der Waals surface area contributed by atoms with Gasteiger partial charge in [-0.1, -0.05) is 12.1 Å². The Morgan fingerprint density at radius 1 is 1.26 bits per heavy atom. The number of benzene rings is 1. The fourth-order valence-corrected chi connectivity index (χ4v) is 2.10. The topological polar surface area (TPSA) is 90.1 Å². The molecule has 0 N–H and O–H groups in total. The third-order valence-corrected chi connectivity index (χ3v) is 3.25. The molecular formula is C16H12N3O4+. The van der Waals surface area contributed by atoms with E-state index in [0.717, 1.165) is 0 Å². The molecule has 0 saturated heterocycles. The molecule has 7 heteroatoms. The zero-order valence-electron chi connectivity index (χ0n) is 12.0. The van der Waals surface area contributed by atoms with Gasteiger partial charge in [-0.25, -0.2) is 4.57 Å². The Morgan fingerprint density at radius 3 is 2.78 bits per heavy atom. The molecule has 1 aromatic carbocycles. The first kappa shape index (κ1) is 14.6. The monoisotopic (exact) mass is 310 g/mol. The highest BCUT2D eigenvalue weighted by atomic mass is 16.6. The molecule has 2 heterocycles. The van der Waals surface area contributed by atoms with Gasteiger partial charge in [-0.2, -0.15) is 0 Å². The lowest BCUT2D eigenvalue weighted by atomic mass is 10.1. The molecule has 7 nitrogen and oxygen atoms in total. The van der Waals surface area contributed by atoms with E-state index in [0.29, 0.717) is 17.0 Å². The van der Waals surface area contributed by atoms with E-state index in [2.05, 4.69) is 4.98 Å². The molecule has 0 aliphatic carbocycles. The third kappa shape index (κ3) is 3.29. The van der Waals surface area contributed by atoms with Crippen LogP contribution in [0.2, 0.25) is 0 Å². The number of ketones is 1. The molecule has 0 aliphatic heterocycles. The molecule has 3 rings (SSSR count). The standard InChI is InChI=1S/C16H12N3O4/c20-15(12-3-1-4-13(9-12)19(21)22)10-18-7-6-14(17-11-18)16-5-2-8-23-16/h1-9,11H,10H2/q+1. The first-order valence-corrected chi connectivity index (χ1v) is 6.80. The van der Waals surface area contributed by atoms with Crippen molar-refractivity contribution in [3.8, 4) is 11.5 Å². The van der Waals surface area contributed by atoms with E-state index in [1.165, 1.54) is 24.5 Å². The molecule has 3 aromatic rings. The fourth-order valence-electron chi connectivity index (χ4n) is 2.10. The molecule has 23 heavy (non-hydrogen) atoms. The van der Waals surface area contributed by atoms with Crippen molar-refractivity contribution in [2.75, 3.05) is 0 Å². The Bertz CT molecular complexity index is 842. The predicted octanol–water partition coefficient (Wildman–Crippen LogP) is 2.42. The number of Topliss-reactive ketones (excluding diaryl/α,β-unsaturated/α-hetero) is 1. The smallest absolute Gasteiger partial charge is 0.287 e. The van der Waals surface area contributed by atoms with Gasteiger partial charge in [0.05, 0.1) is 17.4 Å². The van der Waals surface area contributed by atoms with Gasteiger partial charge in [0, 0.05) is 23.8 Å². The van der Waals surface area contributed by atoms with Gasteiger partial charge in [-0.15, -0.1) is 0 Å². The molecule has 0 saturated carbocycles. The van der Waals surface area contributed by atoms with Crippen LogP contribution in [-0.4, -0.2) is 15.7 Å². The van der Waals surface area contributed by atoms with E-state index >= 15 is 0 Å². The maximum atomic E-state index is 12.2. The number of aromatic nitrogens is 2. The van der Waals surface area contributed by atoms with E-state index in [1.807, 2.05) is 0 Å². The number of hydrogen-bond donors (Lipinski definition) is 0. The van der Waals surface area contributed by atoms with Gasteiger partial charge in [-0.3, -0.25) is 14.9 Å². The van der Waals surface area contributed by atoms with E-state index < -0.39 is 4.92 Å². The highest BCUT2D eigenvalue weighted by Crippen LogP contribution is 2.15. The minimum absolute atomic E-state index is 0.0482. The highest BCUT2D eigenvalue weighted by molar-refractivity contribution is 5.95. The van der Waals surface area contributed by atoms with Gasteiger partial charge in [-0.05, 0) is 17.1 Å². The van der Waals surface area contributed by atoms with Crippen molar-refractivity contribution < 1.29 is 18.7 Å². The minimum atomic E-state index is -0.524. The van der Waals surface area contributed by atoms with Gasteiger partial charge >= 0.3 is 0 Å². The first-order chi connectivity index (χ1) is 11.1. The molecule has 2 aromatic heterocycles. The number of carbonyl (C=O) groups is 1. The normalized spacial score (nSPS) is 10.4. The number of nitro benzene ring substituents is 1. The van der Waals surface area contributed by atoms with Gasteiger partial charge in [0.15, 0.2) is 12.3 Å². The number of hydrogen-bond acceptors (Lipinski definition) is 5. The predicted molar refractivity (Wildman–Crippen MR) is 79.6 cm³/mol. The van der Waals surface area contributed by atoms with Crippen LogP contribution in [-0.2, 0) is 6.54 Å². The summed E-state index contributed by atoms with van der Waals surface area (Å²) in [6, 6.07) is 11.0. The Balaban J connectivity index is 1.75. The van der Waals surface area contributed by atoms with Crippen LogP contribution in [0.5, 0.6) is 0 Å². The number of non-ortho nitro benzene ring substituents is 1. The van der Waals surface area contributed by atoms with Gasteiger partial charge in [0.25, 0.3) is 12.0 Å². The van der Waals surface area contributed by atoms with Crippen molar-refractivity contribution in [3.63, 3.8) is 0 Å². The molecular weight excluding hydrogens is 298 g/mol. The van der Waals surface area contributed by atoms with Gasteiger partial charge < -0.3 is 4.42 Å². The van der Waals surface area contributed by atoms with E-state index in [9.17, 15) is 14.9 Å². The summed E-state index contributed by atoms with van der Waals surface area (Å²) >= 11 is 0. The summed E-state index contributed by atoms with van der Waals surface area (Å²) in [6.07, 6.45) is 4.79. The minimum Gasteiger partial charge on any atom is -0.460 e. The molecule has 0 radical (unpaired) electrons. The van der Waals surface area contributed by atoms with Crippen molar-refractivity contribution in [1.82, 2.24) is 4.98 Å². The summed E-state index contributed by atoms with van der Waals surface area (Å²) in [6.45, 7) is 0.0482. The average Bonchev–Trinajstić information content (AvgIpc) is 3.10. The Labute approximate surface area is 131 Å². The molecule has 0 spiro atoms. The highest BCUT2D eigenvalue weighted by Gasteiger charge is 2.15. The number of nitro groups is 1. The first-order valence-electron chi connectivity index (χ1n) is 6.80. The van der Waals surface area contributed by atoms with E-state index in [4.69, 9.17) is 4.42 Å². The zero-order chi connectivity index (χ0) is 16.2. The summed E-state index contributed by atoms with van der Waals surface area (Å²) in [5.74, 6) is 0.411. The summed E-state index contributed by atoms with van der Waals surface area (Å²) < 4.78 is 6.85. The van der Waals surface area contributed by atoms with Crippen LogP contribution >= 0.6 is 0 Å². The molecule has 0 fully saturated rings. The lowest BCUT2D eigenvalue weighted by Crippen LogP contribution is -2.37. The van der Waals surface area contributed by atoms with Crippen LogP contribution in [0, 0.1) is 10.1 Å². The van der Waals surface area contributed by atoms with Crippen molar-refractivity contribution in [2.45, 2.75) is 6.54 Å². The summed E-state index contributed by atoms with van der Waals surface area (Å²) in [5.41, 5.74) is 0.850. The lowest BCUT2D eigenvalue weighted by Gasteiger charge is -2.00. The van der Waals surface area contributed by atoms with Gasteiger partial charge in [0.2, 0.25) is 11.5 Å². The number of nitrogens with zero attached hydrogens (tertiary/aromatic N) is 3. The van der Waals surface area contributed by atoms with E-state index in [1.54, 1.807) is 41.3 Å². The van der Waals surface area contributed by atoms with Crippen molar-refractivity contribution >= 4 is 11.5 Å². The lowest BCUT2D eigenvalue weighted by molar-refractivity contribution is -0.686. The number of rotatable bonds is 5. The molecule has 114 valence electrons. The Morgan fingerprint density at radius 2 is 2.13 bits per heavy atom. The molecule has 0 bridgehead atoms. The van der Waals surface area contributed by atoms with Crippen molar-refractivity contribution in [2.24, 2.45) is 0 Å². The molecule has 0 amide bonds. The SMILES string of the molecule is O=C(C[n+]1ccc(-c2ccco2)nc1)c1cccc([N+](=O)[O-])c1. The van der Waals surface area contributed by atoms with E-state index in [-0.39, 0.29) is 18.0 Å². The van der Waals surface area contributed by atoms with Crippen LogP contribution < -0.4 is 4.57 Å². The molecule has 0 aliphatic rings. The Kier molecular flexibility index (Phi) is 3.92. The molecule has 0 atom stereocenters. The van der Waals surface area contributed by atoms with Crippen LogP contribution in [0.1, 0.15) is 10.4 Å². The van der Waals surface area contributed by atoms with Gasteiger partial charge in [0.1, 0.15) is 0 Å². The third-order valence-electron chi connectivity index (χ3n) is 3.25. The Hall–Kier alpha value is -3.35. The molecule has 0 unspecified atom stereocenters. The second-order valence-corrected chi connectivity index (χ2v) is 4.83. The second-order valence-electron chi connectivity index (χ2n) is 4.83. The maximum absolute atomic E-state index is 12.2. The average molecular weight is 310 g/mol. The van der Waals surface area contributed by atoms with Crippen LogP contribution in [0.4, 0.5) is 5.69 Å². The summed E-state index contributed by atoms with van der Waals surface area (Å²) in [7, 11) is 0. The van der Waals surface area contributed by atoms with Crippen LogP contribution in [0.25, 0.3) is 11.5 Å². The van der Waals surface area contributed by atoms with Crippen molar-refractivity contribution in [3.05, 3.63) is 76.9 Å². The quantitative estimate of drug-likeness (QED) is 0.312. The number of carbonyl (C=O) groups excluding carboxylic acids is 1. The fraction of sp³-hybridized carbons (Fsp3) is 0.0625. The summed E-state index contributed by atoms with van der Waals surface area (Å²) in [4.78, 5) is 26.7. The number of furan rings is 1. The summed E-state index contributed by atoms with van der Waals surface area (Å²) in [5, 5.41) is 10.8. The zero-order valence-corrected chi connectivity index (χ0v) is 12.0. The largest absolute Gasteiger partial charge is 0.460 e. The van der Waals surface area contributed by atoms with Crippen LogP contribution in [0.3, 0.4) is 0 Å². The van der Waals surface area contributed by atoms with Crippen molar-refractivity contribution in [1.29, 1.82) is 0 Å².